The highest BCUT2D eigenvalue weighted by Crippen LogP contribution is 2.33. The summed E-state index contributed by atoms with van der Waals surface area (Å²) >= 11 is 0. The van der Waals surface area contributed by atoms with Crippen LogP contribution in [0, 0.1) is 10.1 Å². The minimum absolute atomic E-state index is 0.0484. The summed E-state index contributed by atoms with van der Waals surface area (Å²) in [6.45, 7) is 2.04. The number of unbranched alkanes of at least 4 members (excludes halogenated alkanes) is 1. The van der Waals surface area contributed by atoms with Gasteiger partial charge >= 0.3 is 0 Å². The molecule has 1 aromatic carbocycles. The Labute approximate surface area is 98.5 Å². The highest BCUT2D eigenvalue weighted by Gasteiger charge is 2.32. The molecule has 17 heavy (non-hydrogen) atoms. The van der Waals surface area contributed by atoms with Crippen molar-refractivity contribution in [2.45, 2.75) is 32.3 Å². The molecular formula is C12H13NO4. The number of nitro groups is 1. The maximum atomic E-state index is 11.9. The number of rotatable bonds is 4. The number of nitrogens with zero attached hydrogens (tertiary/aromatic N) is 1. The molecule has 1 atom stereocenters. The summed E-state index contributed by atoms with van der Waals surface area (Å²) in [4.78, 5) is 22.0. The highest BCUT2D eigenvalue weighted by molar-refractivity contribution is 6.04. The molecule has 1 aliphatic rings. The van der Waals surface area contributed by atoms with Gasteiger partial charge in [0.25, 0.3) is 5.69 Å². The predicted octanol–water partition coefficient (Wildman–Crippen LogP) is 2.73. The molecule has 0 amide bonds. The lowest BCUT2D eigenvalue weighted by atomic mass is 10.0. The van der Waals surface area contributed by atoms with Crippen LogP contribution in [0.5, 0.6) is 5.75 Å². The Morgan fingerprint density at radius 1 is 1.47 bits per heavy atom. The largest absolute Gasteiger partial charge is 0.481 e. The minimum atomic E-state index is -0.493. The van der Waals surface area contributed by atoms with Crippen molar-refractivity contribution in [1.29, 1.82) is 0 Å². The van der Waals surface area contributed by atoms with E-state index in [0.717, 1.165) is 12.8 Å². The zero-order valence-corrected chi connectivity index (χ0v) is 9.51. The SMILES string of the molecule is CCCCC1Oc2cc([N+](=O)[O-])ccc2C1=O. The number of carbonyl (C=O) groups excluding carboxylic acids is 1. The molecule has 0 bridgehead atoms. The lowest BCUT2D eigenvalue weighted by Crippen LogP contribution is -2.19. The lowest BCUT2D eigenvalue weighted by molar-refractivity contribution is -0.384. The van der Waals surface area contributed by atoms with Crippen molar-refractivity contribution >= 4 is 11.5 Å². The molecule has 1 aromatic rings. The molecule has 90 valence electrons. The Morgan fingerprint density at radius 3 is 2.88 bits per heavy atom. The fraction of sp³-hybridized carbons (Fsp3) is 0.417. The first-order chi connectivity index (χ1) is 8.13. The molecule has 0 aromatic heterocycles. The van der Waals surface area contributed by atoms with Crippen LogP contribution in [0.1, 0.15) is 36.5 Å². The average molecular weight is 235 g/mol. The lowest BCUT2D eigenvalue weighted by Gasteiger charge is -2.07. The van der Waals surface area contributed by atoms with Crippen molar-refractivity contribution < 1.29 is 14.5 Å². The summed E-state index contributed by atoms with van der Waals surface area (Å²) in [6, 6.07) is 4.13. The van der Waals surface area contributed by atoms with E-state index in [9.17, 15) is 14.9 Å². The van der Waals surface area contributed by atoms with Gasteiger partial charge in [0.2, 0.25) is 5.78 Å². The quantitative estimate of drug-likeness (QED) is 0.594. The number of ketones is 1. The number of Topliss-reactive ketones (excluding diaryl/α,β-unsaturated/α-hetero) is 1. The van der Waals surface area contributed by atoms with Gasteiger partial charge in [0, 0.05) is 6.07 Å². The van der Waals surface area contributed by atoms with Crippen LogP contribution < -0.4 is 4.74 Å². The third-order valence-corrected chi connectivity index (χ3v) is 2.82. The van der Waals surface area contributed by atoms with E-state index in [-0.39, 0.29) is 11.5 Å². The fourth-order valence-corrected chi connectivity index (χ4v) is 1.89. The van der Waals surface area contributed by atoms with Gasteiger partial charge < -0.3 is 4.74 Å². The molecule has 5 heteroatoms. The van der Waals surface area contributed by atoms with E-state index in [4.69, 9.17) is 4.74 Å². The van der Waals surface area contributed by atoms with E-state index in [0.29, 0.717) is 17.7 Å². The second-order valence-corrected chi connectivity index (χ2v) is 4.05. The maximum Gasteiger partial charge on any atom is 0.273 e. The number of non-ortho nitro benzene ring substituents is 1. The zero-order valence-electron chi connectivity index (χ0n) is 9.51. The highest BCUT2D eigenvalue weighted by atomic mass is 16.6. The van der Waals surface area contributed by atoms with Gasteiger partial charge in [-0.15, -0.1) is 0 Å². The summed E-state index contributed by atoms with van der Waals surface area (Å²) in [5.74, 6) is 0.272. The van der Waals surface area contributed by atoms with Crippen LogP contribution in [0.2, 0.25) is 0 Å². The Hall–Kier alpha value is -1.91. The van der Waals surface area contributed by atoms with Gasteiger partial charge in [-0.1, -0.05) is 13.3 Å². The summed E-state index contributed by atoms with van der Waals surface area (Å²) in [7, 11) is 0. The van der Waals surface area contributed by atoms with Gasteiger partial charge in [-0.3, -0.25) is 14.9 Å². The maximum absolute atomic E-state index is 11.9. The number of hydrogen-bond donors (Lipinski definition) is 0. The molecule has 0 aliphatic carbocycles. The molecule has 1 unspecified atom stereocenters. The van der Waals surface area contributed by atoms with Crippen LogP contribution in [0.3, 0.4) is 0 Å². The number of benzene rings is 1. The summed E-state index contributed by atoms with van der Waals surface area (Å²) in [5, 5.41) is 10.6. The summed E-state index contributed by atoms with van der Waals surface area (Å²) < 4.78 is 5.46. The first kappa shape index (κ1) is 11.6. The number of hydrogen-bond acceptors (Lipinski definition) is 4. The molecule has 1 heterocycles. The zero-order chi connectivity index (χ0) is 12.4. The van der Waals surface area contributed by atoms with Crippen LogP contribution in [-0.2, 0) is 0 Å². The van der Waals surface area contributed by atoms with Crippen molar-refractivity contribution in [3.05, 3.63) is 33.9 Å². The average Bonchev–Trinajstić information content (AvgIpc) is 2.63. The van der Waals surface area contributed by atoms with E-state index in [1.54, 1.807) is 0 Å². The molecular weight excluding hydrogens is 222 g/mol. The molecule has 0 radical (unpaired) electrons. The molecule has 2 rings (SSSR count). The topological polar surface area (TPSA) is 69.4 Å². The van der Waals surface area contributed by atoms with Gasteiger partial charge in [-0.25, -0.2) is 0 Å². The normalized spacial score (nSPS) is 17.7. The summed E-state index contributed by atoms with van der Waals surface area (Å²) in [6.07, 6.45) is 2.10. The first-order valence-corrected chi connectivity index (χ1v) is 5.62. The van der Waals surface area contributed by atoms with Crippen molar-refractivity contribution in [2.75, 3.05) is 0 Å². The molecule has 0 fully saturated rings. The smallest absolute Gasteiger partial charge is 0.273 e. The number of carbonyl (C=O) groups is 1. The van der Waals surface area contributed by atoms with Gasteiger partial charge in [-0.05, 0) is 18.9 Å². The molecule has 0 saturated carbocycles. The van der Waals surface area contributed by atoms with Crippen LogP contribution in [-0.4, -0.2) is 16.8 Å². The van der Waals surface area contributed by atoms with Crippen molar-refractivity contribution in [3.63, 3.8) is 0 Å². The van der Waals surface area contributed by atoms with Gasteiger partial charge in [-0.2, -0.15) is 0 Å². The Morgan fingerprint density at radius 2 is 2.24 bits per heavy atom. The fourth-order valence-electron chi connectivity index (χ4n) is 1.89. The monoisotopic (exact) mass is 235 g/mol. The standard InChI is InChI=1S/C12H13NO4/c1-2-3-4-10-12(14)9-6-5-8(13(15)16)7-11(9)17-10/h5-7,10H,2-4H2,1H3. The van der Waals surface area contributed by atoms with Crippen LogP contribution in [0.25, 0.3) is 0 Å². The van der Waals surface area contributed by atoms with Gasteiger partial charge in [0.1, 0.15) is 5.75 Å². The Bertz CT molecular complexity index is 470. The van der Waals surface area contributed by atoms with Crippen LogP contribution >= 0.6 is 0 Å². The van der Waals surface area contributed by atoms with E-state index < -0.39 is 11.0 Å². The molecule has 0 saturated heterocycles. The van der Waals surface area contributed by atoms with Crippen molar-refractivity contribution in [3.8, 4) is 5.75 Å². The van der Waals surface area contributed by atoms with E-state index >= 15 is 0 Å². The predicted molar refractivity (Wildman–Crippen MR) is 61.4 cm³/mol. The third kappa shape index (κ3) is 2.13. The molecule has 1 aliphatic heterocycles. The Balaban J connectivity index is 2.22. The van der Waals surface area contributed by atoms with E-state index in [1.807, 2.05) is 6.92 Å². The summed E-state index contributed by atoms with van der Waals surface area (Å²) in [5.41, 5.74) is 0.407. The first-order valence-electron chi connectivity index (χ1n) is 5.62. The van der Waals surface area contributed by atoms with Crippen LogP contribution in [0.15, 0.2) is 18.2 Å². The third-order valence-electron chi connectivity index (χ3n) is 2.82. The minimum Gasteiger partial charge on any atom is -0.481 e. The molecule has 0 spiro atoms. The van der Waals surface area contributed by atoms with Gasteiger partial charge in [0.05, 0.1) is 16.6 Å². The van der Waals surface area contributed by atoms with Crippen molar-refractivity contribution in [2.24, 2.45) is 0 Å². The second kappa shape index (κ2) is 4.53. The van der Waals surface area contributed by atoms with Crippen LogP contribution in [0.4, 0.5) is 5.69 Å². The van der Waals surface area contributed by atoms with Crippen molar-refractivity contribution in [1.82, 2.24) is 0 Å². The number of ether oxygens (including phenoxy) is 1. The van der Waals surface area contributed by atoms with E-state index in [1.165, 1.54) is 18.2 Å². The molecule has 5 nitrogen and oxygen atoms in total. The van der Waals surface area contributed by atoms with Gasteiger partial charge in [0.15, 0.2) is 6.10 Å². The molecule has 0 N–H and O–H groups in total. The van der Waals surface area contributed by atoms with E-state index in [2.05, 4.69) is 0 Å². The second-order valence-electron chi connectivity index (χ2n) is 4.05. The number of fused-ring (bicyclic) bond motifs is 1. The Kier molecular flexibility index (Phi) is 3.08. The number of nitro benzene ring substituents is 1.